The summed E-state index contributed by atoms with van der Waals surface area (Å²) in [5.74, 6) is -0.545. The number of halogens is 1. The molecule has 0 rings (SSSR count). The molecule has 0 spiro atoms. The molecule has 0 radical (unpaired) electrons. The van der Waals surface area contributed by atoms with E-state index in [1.807, 2.05) is 0 Å². The molecule has 0 fully saturated rings. The number of hydrogen-bond acceptors (Lipinski definition) is 3. The second-order valence-corrected chi connectivity index (χ2v) is 2.65. The molecule has 64 valence electrons. The first-order valence-corrected chi connectivity index (χ1v) is 3.63. The minimum absolute atomic E-state index is 0.468. The topological polar surface area (TPSA) is 61.6 Å². The monoisotopic (exact) mass is 223 g/mol. The zero-order chi connectivity index (χ0) is 8.85. The highest BCUT2D eigenvalue weighted by Crippen LogP contribution is 2.13. The Morgan fingerprint density at radius 2 is 2.00 bits per heavy atom. The fraction of sp³-hybridized carbons (Fsp3) is 0.500. The van der Waals surface area contributed by atoms with Crippen LogP contribution in [0, 0.1) is 0 Å². The van der Waals surface area contributed by atoms with Gasteiger partial charge in [0.2, 0.25) is 5.91 Å². The van der Waals surface area contributed by atoms with Crippen molar-refractivity contribution in [3.63, 3.8) is 0 Å². The van der Waals surface area contributed by atoms with Gasteiger partial charge in [-0.25, -0.2) is 0 Å². The number of amides is 1. The minimum Gasteiger partial charge on any atom is -0.366 e. The van der Waals surface area contributed by atoms with Crippen molar-refractivity contribution in [1.82, 2.24) is 0 Å². The van der Waals surface area contributed by atoms with Gasteiger partial charge in [-0.05, 0) is 15.9 Å². The maximum absolute atomic E-state index is 10.4. The highest BCUT2D eigenvalue weighted by atomic mass is 79.9. The van der Waals surface area contributed by atoms with Crippen LogP contribution in [0.15, 0.2) is 10.6 Å². The SMILES string of the molecule is COC(OC)C(Br)=CC(N)=O. The third-order valence-electron chi connectivity index (χ3n) is 0.933. The number of ether oxygens (including phenoxy) is 2. The highest BCUT2D eigenvalue weighted by Gasteiger charge is 2.09. The normalized spacial score (nSPS) is 12.2. The van der Waals surface area contributed by atoms with E-state index in [9.17, 15) is 4.79 Å². The Balaban J connectivity index is 4.18. The van der Waals surface area contributed by atoms with Crippen LogP contribution in [0.5, 0.6) is 0 Å². The predicted molar refractivity (Wildman–Crippen MR) is 44.0 cm³/mol. The molecule has 0 aliphatic heterocycles. The van der Waals surface area contributed by atoms with Gasteiger partial charge in [-0.1, -0.05) is 0 Å². The third-order valence-corrected chi connectivity index (χ3v) is 1.54. The van der Waals surface area contributed by atoms with Crippen molar-refractivity contribution in [1.29, 1.82) is 0 Å². The average molecular weight is 224 g/mol. The van der Waals surface area contributed by atoms with Crippen LogP contribution in [0.25, 0.3) is 0 Å². The molecule has 0 saturated heterocycles. The zero-order valence-electron chi connectivity index (χ0n) is 6.33. The standard InChI is InChI=1S/C6H10BrNO3/c1-10-6(11-2)4(7)3-5(8)9/h3,6H,1-2H3,(H2,8,9). The van der Waals surface area contributed by atoms with E-state index in [2.05, 4.69) is 15.9 Å². The molecule has 0 aliphatic rings. The lowest BCUT2D eigenvalue weighted by Crippen LogP contribution is -2.16. The molecule has 4 nitrogen and oxygen atoms in total. The van der Waals surface area contributed by atoms with E-state index in [1.165, 1.54) is 20.3 Å². The Kier molecular flexibility index (Phi) is 5.10. The smallest absolute Gasteiger partial charge is 0.242 e. The van der Waals surface area contributed by atoms with Gasteiger partial charge in [-0.2, -0.15) is 0 Å². The van der Waals surface area contributed by atoms with E-state index in [4.69, 9.17) is 15.2 Å². The maximum Gasteiger partial charge on any atom is 0.242 e. The predicted octanol–water partition coefficient (Wildman–Crippen LogP) is 0.369. The van der Waals surface area contributed by atoms with Gasteiger partial charge in [-0.15, -0.1) is 0 Å². The third kappa shape index (κ3) is 4.13. The van der Waals surface area contributed by atoms with Crippen LogP contribution in [0.3, 0.4) is 0 Å². The van der Waals surface area contributed by atoms with Crippen LogP contribution >= 0.6 is 15.9 Å². The fourth-order valence-corrected chi connectivity index (χ4v) is 1.12. The number of carbonyl (C=O) groups excluding carboxylic acids is 1. The molecule has 0 atom stereocenters. The van der Waals surface area contributed by atoms with E-state index >= 15 is 0 Å². The minimum atomic E-state index is -0.567. The van der Waals surface area contributed by atoms with Crippen molar-refractivity contribution < 1.29 is 14.3 Å². The van der Waals surface area contributed by atoms with Crippen molar-refractivity contribution in [2.75, 3.05) is 14.2 Å². The van der Waals surface area contributed by atoms with Crippen molar-refractivity contribution >= 4 is 21.8 Å². The first kappa shape index (κ1) is 10.6. The number of methoxy groups -OCH3 is 2. The Labute approximate surface area is 73.5 Å². The van der Waals surface area contributed by atoms with Crippen LogP contribution in [-0.2, 0) is 14.3 Å². The molecule has 0 heterocycles. The van der Waals surface area contributed by atoms with Gasteiger partial charge in [0.1, 0.15) is 0 Å². The second-order valence-electron chi connectivity index (χ2n) is 1.73. The molecule has 0 saturated carbocycles. The van der Waals surface area contributed by atoms with Crippen molar-refractivity contribution in [2.45, 2.75) is 6.29 Å². The van der Waals surface area contributed by atoms with E-state index in [0.717, 1.165) is 0 Å². The molecule has 0 aromatic heterocycles. The number of nitrogens with two attached hydrogens (primary N) is 1. The van der Waals surface area contributed by atoms with E-state index in [1.54, 1.807) is 0 Å². The van der Waals surface area contributed by atoms with Crippen LogP contribution in [0.4, 0.5) is 0 Å². The number of rotatable bonds is 4. The molecule has 11 heavy (non-hydrogen) atoms. The molecular weight excluding hydrogens is 214 g/mol. The van der Waals surface area contributed by atoms with Crippen molar-refractivity contribution in [3.8, 4) is 0 Å². The molecular formula is C6H10BrNO3. The summed E-state index contributed by atoms with van der Waals surface area (Å²) in [5, 5.41) is 0. The van der Waals surface area contributed by atoms with Gasteiger partial charge in [0, 0.05) is 20.3 Å². The van der Waals surface area contributed by atoms with Gasteiger partial charge < -0.3 is 15.2 Å². The molecule has 0 bridgehead atoms. The molecule has 1 amide bonds. The molecule has 5 heteroatoms. The lowest BCUT2D eigenvalue weighted by Gasteiger charge is -2.11. The Morgan fingerprint density at radius 3 is 2.27 bits per heavy atom. The first-order chi connectivity index (χ1) is 5.11. The molecule has 0 aliphatic carbocycles. The highest BCUT2D eigenvalue weighted by molar-refractivity contribution is 9.11. The summed E-state index contributed by atoms with van der Waals surface area (Å²) in [6.45, 7) is 0. The van der Waals surface area contributed by atoms with Gasteiger partial charge in [0.05, 0.1) is 4.48 Å². The van der Waals surface area contributed by atoms with Crippen LogP contribution < -0.4 is 5.73 Å². The van der Waals surface area contributed by atoms with Crippen molar-refractivity contribution in [2.24, 2.45) is 5.73 Å². The van der Waals surface area contributed by atoms with Crippen LogP contribution in [0.1, 0.15) is 0 Å². The number of carbonyl (C=O) groups is 1. The summed E-state index contributed by atoms with van der Waals surface area (Å²) in [6, 6.07) is 0. The molecule has 0 aromatic carbocycles. The molecule has 0 aromatic rings. The Hall–Kier alpha value is -0.390. The average Bonchev–Trinajstić information content (AvgIpc) is 1.88. The lowest BCUT2D eigenvalue weighted by atomic mass is 10.4. The zero-order valence-corrected chi connectivity index (χ0v) is 7.92. The fourth-order valence-electron chi connectivity index (χ4n) is 0.525. The quantitative estimate of drug-likeness (QED) is 0.554. The van der Waals surface area contributed by atoms with E-state index < -0.39 is 12.2 Å². The maximum atomic E-state index is 10.4. The summed E-state index contributed by atoms with van der Waals surface area (Å²) in [7, 11) is 2.93. The summed E-state index contributed by atoms with van der Waals surface area (Å²) < 4.78 is 10.1. The number of hydrogen-bond donors (Lipinski definition) is 1. The first-order valence-electron chi connectivity index (χ1n) is 2.84. The molecule has 2 N–H and O–H groups in total. The molecule has 0 unspecified atom stereocenters. The Bertz CT molecular complexity index is 165. The summed E-state index contributed by atoms with van der Waals surface area (Å²) >= 11 is 3.08. The van der Waals surface area contributed by atoms with Gasteiger partial charge in [-0.3, -0.25) is 4.79 Å². The van der Waals surface area contributed by atoms with E-state index in [0.29, 0.717) is 4.48 Å². The van der Waals surface area contributed by atoms with Gasteiger partial charge in [0.25, 0.3) is 0 Å². The van der Waals surface area contributed by atoms with Gasteiger partial charge in [0.15, 0.2) is 6.29 Å². The van der Waals surface area contributed by atoms with Crippen LogP contribution in [0.2, 0.25) is 0 Å². The van der Waals surface area contributed by atoms with Crippen LogP contribution in [-0.4, -0.2) is 26.4 Å². The number of primary amides is 1. The van der Waals surface area contributed by atoms with E-state index in [-0.39, 0.29) is 0 Å². The summed E-state index contributed by atoms with van der Waals surface area (Å²) in [5.41, 5.74) is 4.88. The second kappa shape index (κ2) is 5.29. The lowest BCUT2D eigenvalue weighted by molar-refractivity contribution is -0.114. The van der Waals surface area contributed by atoms with Crippen molar-refractivity contribution in [3.05, 3.63) is 10.6 Å². The summed E-state index contributed by atoms with van der Waals surface area (Å²) in [4.78, 5) is 10.4. The largest absolute Gasteiger partial charge is 0.366 e. The Morgan fingerprint density at radius 1 is 1.55 bits per heavy atom. The van der Waals surface area contributed by atoms with Gasteiger partial charge >= 0.3 is 0 Å². The summed E-state index contributed by atoms with van der Waals surface area (Å²) in [6.07, 6.45) is 0.625.